The third-order valence-electron chi connectivity index (χ3n) is 12.7. The number of amides is 4. The Morgan fingerprint density at radius 2 is 1.69 bits per heavy atom. The van der Waals surface area contributed by atoms with Crippen molar-refractivity contribution in [3.63, 3.8) is 0 Å². The number of carbonyl (C=O) groups excluding carboxylic acids is 4. The normalized spacial score (nSPS) is 26.2. The first-order chi connectivity index (χ1) is 25.0. The second-order valence-corrected chi connectivity index (χ2v) is 17.0. The summed E-state index contributed by atoms with van der Waals surface area (Å²) in [6, 6.07) is 8.99. The first-order valence-electron chi connectivity index (χ1n) is 19.5. The zero-order valence-corrected chi connectivity index (χ0v) is 31.2. The number of aromatic nitrogens is 2. The van der Waals surface area contributed by atoms with E-state index in [-0.39, 0.29) is 47.5 Å². The molecule has 3 N–H and O–H groups in total. The molecule has 3 aliphatic heterocycles. The highest BCUT2D eigenvalue weighted by atomic mass is 16.5. The number of rotatable bonds is 12. The monoisotopic (exact) mass is 715 g/mol. The Labute approximate surface area is 307 Å². The Hall–Kier alpha value is -3.77. The van der Waals surface area contributed by atoms with Crippen LogP contribution in [0.5, 0.6) is 0 Å². The van der Waals surface area contributed by atoms with E-state index in [9.17, 15) is 19.2 Å². The fourth-order valence-corrected chi connectivity index (χ4v) is 9.22. The Morgan fingerprint density at radius 1 is 0.981 bits per heavy atom. The minimum atomic E-state index is -0.883. The third-order valence-corrected chi connectivity index (χ3v) is 12.7. The Kier molecular flexibility index (Phi) is 10.5. The molecule has 2 saturated carbocycles. The molecule has 1 aromatic heterocycles. The van der Waals surface area contributed by atoms with Gasteiger partial charge in [-0.1, -0.05) is 63.4 Å². The number of nitrogens with two attached hydrogens (primary N) is 1. The van der Waals surface area contributed by atoms with Gasteiger partial charge in [0.25, 0.3) is 5.91 Å². The molecule has 0 unspecified atom stereocenters. The highest BCUT2D eigenvalue weighted by Crippen LogP contribution is 2.54. The fraction of sp³-hybridized carbons (Fsp3) is 0.675. The van der Waals surface area contributed by atoms with Crippen molar-refractivity contribution in [2.75, 3.05) is 45.9 Å². The van der Waals surface area contributed by atoms with Crippen LogP contribution in [0.15, 0.2) is 42.7 Å². The van der Waals surface area contributed by atoms with Crippen molar-refractivity contribution in [3.05, 3.63) is 53.9 Å². The Balaban J connectivity index is 1.09. The average Bonchev–Trinajstić information content (AvgIpc) is 3.61. The SMILES string of the molecule is C[C@@H](OCC1CCCCC1)[C@H](NC(=O)[C@@H]1CN(C(=O)c2cnn(Cc3ccccc3)c2)CC12CN(C(=O)[C@H]1CC1(C)C)C2)C(=O)N1CCC[C@@H]1CN. The quantitative estimate of drug-likeness (QED) is 0.344. The minimum absolute atomic E-state index is 0.00744. The molecular formula is C40H57N7O5. The zero-order valence-electron chi connectivity index (χ0n) is 31.2. The molecule has 0 bridgehead atoms. The second kappa shape index (κ2) is 14.9. The number of hydrogen-bond acceptors (Lipinski definition) is 7. The van der Waals surface area contributed by atoms with Gasteiger partial charge in [-0.15, -0.1) is 0 Å². The van der Waals surface area contributed by atoms with E-state index in [0.29, 0.717) is 57.4 Å². The maximum atomic E-state index is 14.6. The van der Waals surface area contributed by atoms with E-state index in [2.05, 4.69) is 24.3 Å². The molecule has 5 fully saturated rings. The summed E-state index contributed by atoms with van der Waals surface area (Å²) in [5.41, 5.74) is 7.00. The van der Waals surface area contributed by atoms with Gasteiger partial charge in [-0.05, 0) is 55.9 Å². The van der Waals surface area contributed by atoms with Gasteiger partial charge in [0.15, 0.2) is 0 Å². The van der Waals surface area contributed by atoms with Gasteiger partial charge < -0.3 is 30.5 Å². The van der Waals surface area contributed by atoms with Crippen molar-refractivity contribution in [1.82, 2.24) is 29.8 Å². The van der Waals surface area contributed by atoms with Crippen LogP contribution < -0.4 is 11.1 Å². The molecule has 1 spiro atoms. The van der Waals surface area contributed by atoms with Crippen molar-refractivity contribution >= 4 is 23.6 Å². The molecule has 12 nitrogen and oxygen atoms in total. The van der Waals surface area contributed by atoms with Crippen LogP contribution in [-0.2, 0) is 25.7 Å². The molecule has 282 valence electrons. The molecule has 5 aliphatic rings. The molecule has 2 aliphatic carbocycles. The predicted octanol–water partition coefficient (Wildman–Crippen LogP) is 3.30. The van der Waals surface area contributed by atoms with Crippen LogP contribution in [0.1, 0.15) is 88.1 Å². The van der Waals surface area contributed by atoms with E-state index in [0.717, 1.165) is 37.7 Å². The smallest absolute Gasteiger partial charge is 0.257 e. The summed E-state index contributed by atoms with van der Waals surface area (Å²) in [7, 11) is 0. The topological polar surface area (TPSA) is 143 Å². The lowest BCUT2D eigenvalue weighted by Gasteiger charge is -2.50. The number of nitrogens with zero attached hydrogens (tertiary/aromatic N) is 5. The fourth-order valence-electron chi connectivity index (χ4n) is 9.22. The van der Waals surface area contributed by atoms with Crippen LogP contribution in [0, 0.1) is 28.6 Å². The summed E-state index contributed by atoms with van der Waals surface area (Å²) in [6.45, 7) is 9.52. The highest BCUT2D eigenvalue weighted by Gasteiger charge is 2.62. The van der Waals surface area contributed by atoms with E-state index in [1.54, 1.807) is 22.0 Å². The molecule has 0 radical (unpaired) electrons. The van der Waals surface area contributed by atoms with Crippen LogP contribution in [-0.4, -0.2) is 112 Å². The highest BCUT2D eigenvalue weighted by molar-refractivity contribution is 5.96. The van der Waals surface area contributed by atoms with Crippen LogP contribution in [0.3, 0.4) is 0 Å². The lowest BCUT2D eigenvalue weighted by molar-refractivity contribution is -0.153. The van der Waals surface area contributed by atoms with Gasteiger partial charge in [-0.25, -0.2) is 0 Å². The van der Waals surface area contributed by atoms with Gasteiger partial charge in [-0.2, -0.15) is 5.10 Å². The summed E-state index contributed by atoms with van der Waals surface area (Å²) < 4.78 is 8.14. The first-order valence-corrected chi connectivity index (χ1v) is 19.5. The molecule has 12 heteroatoms. The van der Waals surface area contributed by atoms with Gasteiger partial charge in [-0.3, -0.25) is 23.9 Å². The summed E-state index contributed by atoms with van der Waals surface area (Å²) in [5, 5.41) is 7.62. The van der Waals surface area contributed by atoms with Crippen molar-refractivity contribution in [2.45, 2.75) is 96.9 Å². The van der Waals surface area contributed by atoms with Crippen molar-refractivity contribution in [1.29, 1.82) is 0 Å². The Bertz CT molecular complexity index is 1610. The van der Waals surface area contributed by atoms with Gasteiger partial charge in [0.05, 0.1) is 30.3 Å². The van der Waals surface area contributed by atoms with Crippen LogP contribution in [0.4, 0.5) is 0 Å². The molecule has 4 heterocycles. The standard InChI is InChI=1S/C40H57N7O5/c1-27(52-23-29-13-8-5-9-14-29)34(38(51)47-16-10-15-31(47)18-41)43-35(48)33-22-44(24-40(33)25-45(26-40)37(50)32-17-39(32,2)3)36(49)30-19-42-46(21-30)20-28-11-6-4-7-12-28/h4,6-7,11-12,19,21,27,29,31-34H,5,8-10,13-18,20,22-26,41H2,1-3H3,(H,43,48)/t27-,31-,32-,33+,34+/m1/s1. The summed E-state index contributed by atoms with van der Waals surface area (Å²) in [5.74, 6) is -0.656. The molecule has 1 aromatic carbocycles. The lowest BCUT2D eigenvalue weighted by atomic mass is 9.70. The van der Waals surface area contributed by atoms with E-state index in [1.165, 1.54) is 19.3 Å². The summed E-state index contributed by atoms with van der Waals surface area (Å²) in [6.07, 6.45) is 11.2. The number of carbonyl (C=O) groups is 4. The predicted molar refractivity (Wildman–Crippen MR) is 196 cm³/mol. The van der Waals surface area contributed by atoms with Gasteiger partial charge in [0, 0.05) is 69.4 Å². The van der Waals surface area contributed by atoms with Crippen molar-refractivity contribution in [2.24, 2.45) is 34.3 Å². The molecule has 3 saturated heterocycles. The minimum Gasteiger partial charge on any atom is -0.376 e. The van der Waals surface area contributed by atoms with Gasteiger partial charge in [0.1, 0.15) is 6.04 Å². The zero-order chi connectivity index (χ0) is 36.6. The Morgan fingerprint density at radius 3 is 2.38 bits per heavy atom. The molecule has 4 amide bonds. The van der Waals surface area contributed by atoms with Crippen molar-refractivity contribution < 1.29 is 23.9 Å². The largest absolute Gasteiger partial charge is 0.376 e. The lowest BCUT2D eigenvalue weighted by Crippen LogP contribution is -2.65. The molecular weight excluding hydrogens is 658 g/mol. The number of hydrogen-bond donors (Lipinski definition) is 2. The van der Waals surface area contributed by atoms with Crippen LogP contribution in [0.25, 0.3) is 0 Å². The first kappa shape index (κ1) is 36.6. The van der Waals surface area contributed by atoms with E-state index < -0.39 is 23.5 Å². The molecule has 52 heavy (non-hydrogen) atoms. The van der Waals surface area contributed by atoms with E-state index in [4.69, 9.17) is 10.5 Å². The number of ether oxygens (including phenoxy) is 1. The summed E-state index contributed by atoms with van der Waals surface area (Å²) >= 11 is 0. The third kappa shape index (κ3) is 7.51. The number of likely N-dealkylation sites (tertiary alicyclic amines) is 3. The summed E-state index contributed by atoms with van der Waals surface area (Å²) in [4.78, 5) is 61.7. The van der Waals surface area contributed by atoms with Crippen LogP contribution in [0.2, 0.25) is 0 Å². The van der Waals surface area contributed by atoms with Gasteiger partial charge in [0.2, 0.25) is 17.7 Å². The van der Waals surface area contributed by atoms with Crippen LogP contribution >= 0.6 is 0 Å². The molecule has 7 rings (SSSR count). The van der Waals surface area contributed by atoms with E-state index >= 15 is 0 Å². The molecule has 2 aromatic rings. The average molecular weight is 716 g/mol. The second-order valence-electron chi connectivity index (χ2n) is 17.0. The molecule has 5 atom stereocenters. The maximum absolute atomic E-state index is 14.6. The van der Waals surface area contributed by atoms with Gasteiger partial charge >= 0.3 is 0 Å². The van der Waals surface area contributed by atoms with Crippen molar-refractivity contribution in [3.8, 4) is 0 Å². The maximum Gasteiger partial charge on any atom is 0.257 e. The number of benzene rings is 1. The number of nitrogens with one attached hydrogen (secondary N) is 1. The van der Waals surface area contributed by atoms with E-state index in [1.807, 2.05) is 47.1 Å².